The summed E-state index contributed by atoms with van der Waals surface area (Å²) in [6.45, 7) is 4.17. The molecule has 1 unspecified atom stereocenters. The van der Waals surface area contributed by atoms with Gasteiger partial charge in [-0.05, 0) is 43.5 Å². The molecule has 0 aromatic carbocycles. The van der Waals surface area contributed by atoms with Crippen LogP contribution in [-0.4, -0.2) is 24.3 Å². The summed E-state index contributed by atoms with van der Waals surface area (Å²) in [7, 11) is 0. The zero-order valence-electron chi connectivity index (χ0n) is 15.8. The fourth-order valence-corrected chi connectivity index (χ4v) is 4.26. The Morgan fingerprint density at radius 1 is 1.07 bits per heavy atom. The molecule has 2 aliphatic carbocycles. The van der Waals surface area contributed by atoms with Crippen molar-refractivity contribution in [3.8, 4) is 0 Å². The van der Waals surface area contributed by atoms with Crippen LogP contribution in [0.4, 0.5) is 0 Å². The molecule has 1 atom stereocenters. The molecule has 0 radical (unpaired) electrons. The Morgan fingerprint density at radius 3 is 2.93 bits per heavy atom. The van der Waals surface area contributed by atoms with Gasteiger partial charge in [0, 0.05) is 47.1 Å². The van der Waals surface area contributed by atoms with Gasteiger partial charge in [0.2, 0.25) is 0 Å². The molecule has 5 nitrogen and oxygen atoms in total. The van der Waals surface area contributed by atoms with Gasteiger partial charge in [-0.2, -0.15) is 0 Å². The van der Waals surface area contributed by atoms with Crippen molar-refractivity contribution in [3.63, 3.8) is 0 Å². The van der Waals surface area contributed by atoms with Crippen molar-refractivity contribution in [2.45, 2.75) is 26.7 Å². The lowest BCUT2D eigenvalue weighted by molar-refractivity contribution is 0.836. The fourth-order valence-electron chi connectivity index (χ4n) is 4.26. The first kappa shape index (κ1) is 15.7. The van der Waals surface area contributed by atoms with E-state index < -0.39 is 0 Å². The highest BCUT2D eigenvalue weighted by molar-refractivity contribution is 5.94. The van der Waals surface area contributed by atoms with E-state index in [1.54, 1.807) is 6.20 Å². The van der Waals surface area contributed by atoms with Gasteiger partial charge in [-0.3, -0.25) is 4.98 Å². The molecule has 2 aliphatic rings. The summed E-state index contributed by atoms with van der Waals surface area (Å²) in [6, 6.07) is 4.19. The van der Waals surface area contributed by atoms with Gasteiger partial charge in [-0.15, -0.1) is 0 Å². The predicted molar refractivity (Wildman–Crippen MR) is 110 cm³/mol. The number of hydrogen-bond donors (Lipinski definition) is 0. The van der Waals surface area contributed by atoms with Gasteiger partial charge >= 0.3 is 0 Å². The maximum absolute atomic E-state index is 4.99. The van der Waals surface area contributed by atoms with E-state index in [0.717, 1.165) is 46.6 Å². The lowest BCUT2D eigenvalue weighted by Gasteiger charge is -2.10. The first-order chi connectivity index (χ1) is 13.7. The molecule has 0 amide bonds. The summed E-state index contributed by atoms with van der Waals surface area (Å²) in [5.74, 6) is 1.40. The summed E-state index contributed by atoms with van der Waals surface area (Å²) in [4.78, 5) is 18.6. The number of nitrogens with zero attached hydrogens (tertiary/aromatic N) is 5. The summed E-state index contributed by atoms with van der Waals surface area (Å²) in [5, 5.41) is 1.06. The topological polar surface area (TPSA) is 56.0 Å². The highest BCUT2D eigenvalue weighted by atomic mass is 15.0. The minimum atomic E-state index is 0.549. The maximum atomic E-state index is 4.99. The standard InChI is InChI=1S/C23H19N5/c1-13-16-7-9-24-12-21(16)26-22(25-13)6-5-20-14(2)28-10-8-17-18(23(28)27-20)4-3-15-11-19(15)17/h3-4,7-12,15H,5-6H2,1-2H3. The van der Waals surface area contributed by atoms with Crippen LogP contribution in [0.25, 0.3) is 28.2 Å². The second kappa shape index (κ2) is 5.58. The highest BCUT2D eigenvalue weighted by Gasteiger charge is 2.29. The number of fused-ring (bicyclic) bond motifs is 6. The maximum Gasteiger partial charge on any atom is 0.145 e. The van der Waals surface area contributed by atoms with Crippen LogP contribution in [0.1, 0.15) is 34.0 Å². The van der Waals surface area contributed by atoms with Crippen LogP contribution in [0.2, 0.25) is 0 Å². The van der Waals surface area contributed by atoms with E-state index in [1.165, 1.54) is 22.4 Å². The summed E-state index contributed by atoms with van der Waals surface area (Å²) in [6.07, 6.45) is 14.1. The predicted octanol–water partition coefficient (Wildman–Crippen LogP) is 4.11. The molecule has 4 aromatic heterocycles. The number of rotatable bonds is 3. The van der Waals surface area contributed by atoms with Gasteiger partial charge < -0.3 is 4.40 Å². The van der Waals surface area contributed by atoms with Crippen LogP contribution in [-0.2, 0) is 12.8 Å². The first-order valence-corrected chi connectivity index (χ1v) is 9.67. The SMILES string of the molecule is Cc1nc(CCc2nc3c4c(ccn3c2C)C2=CC2C=C4)nc2cnccc12. The van der Waals surface area contributed by atoms with Gasteiger partial charge in [0.15, 0.2) is 0 Å². The van der Waals surface area contributed by atoms with Crippen molar-refractivity contribution in [1.29, 1.82) is 0 Å². The first-order valence-electron chi connectivity index (χ1n) is 9.67. The number of aryl methyl sites for hydroxylation is 4. The number of aromatic nitrogens is 5. The Bertz CT molecular complexity index is 1340. The molecule has 0 fully saturated rings. The van der Waals surface area contributed by atoms with Gasteiger partial charge in [0.25, 0.3) is 0 Å². The third-order valence-corrected chi connectivity index (χ3v) is 5.88. The smallest absolute Gasteiger partial charge is 0.145 e. The molecule has 4 aromatic rings. The van der Waals surface area contributed by atoms with Crippen molar-refractivity contribution in [2.75, 3.05) is 0 Å². The molecule has 28 heavy (non-hydrogen) atoms. The van der Waals surface area contributed by atoms with E-state index in [4.69, 9.17) is 15.0 Å². The Balaban J connectivity index is 1.36. The van der Waals surface area contributed by atoms with Gasteiger partial charge in [0.1, 0.15) is 11.5 Å². The van der Waals surface area contributed by atoms with Gasteiger partial charge in [-0.25, -0.2) is 15.0 Å². The molecular weight excluding hydrogens is 346 g/mol. The van der Waals surface area contributed by atoms with E-state index in [1.807, 2.05) is 19.2 Å². The zero-order chi connectivity index (χ0) is 18.8. The molecule has 136 valence electrons. The van der Waals surface area contributed by atoms with Gasteiger partial charge in [0.05, 0.1) is 17.4 Å². The Hall–Kier alpha value is -3.34. The highest BCUT2D eigenvalue weighted by Crippen LogP contribution is 2.45. The monoisotopic (exact) mass is 365 g/mol. The lowest BCUT2D eigenvalue weighted by Crippen LogP contribution is -2.02. The number of hydrogen-bond acceptors (Lipinski definition) is 4. The molecule has 0 bridgehead atoms. The second-order valence-electron chi connectivity index (χ2n) is 7.61. The molecule has 0 N–H and O–H groups in total. The van der Waals surface area contributed by atoms with Crippen LogP contribution in [0.3, 0.4) is 0 Å². The Morgan fingerprint density at radius 2 is 2.00 bits per heavy atom. The molecule has 4 heterocycles. The number of allylic oxidation sites excluding steroid dienone is 3. The van der Waals surface area contributed by atoms with Crippen LogP contribution < -0.4 is 0 Å². The zero-order valence-corrected chi connectivity index (χ0v) is 15.8. The fraction of sp³-hybridized carbons (Fsp3) is 0.217. The molecule has 6 rings (SSSR count). The molecule has 5 heteroatoms. The van der Waals surface area contributed by atoms with Crippen molar-refractivity contribution in [2.24, 2.45) is 5.92 Å². The van der Waals surface area contributed by atoms with E-state index in [9.17, 15) is 0 Å². The quantitative estimate of drug-likeness (QED) is 0.548. The Kier molecular flexibility index (Phi) is 3.13. The van der Waals surface area contributed by atoms with E-state index in [-0.39, 0.29) is 0 Å². The molecular formula is C23H19N5. The summed E-state index contributed by atoms with van der Waals surface area (Å²) < 4.78 is 2.21. The third kappa shape index (κ3) is 2.26. The van der Waals surface area contributed by atoms with Crippen molar-refractivity contribution in [1.82, 2.24) is 24.3 Å². The van der Waals surface area contributed by atoms with E-state index in [0.29, 0.717) is 5.92 Å². The lowest BCUT2D eigenvalue weighted by atomic mass is 9.99. The van der Waals surface area contributed by atoms with Crippen molar-refractivity contribution in [3.05, 3.63) is 76.9 Å². The number of imidazole rings is 1. The van der Waals surface area contributed by atoms with E-state index >= 15 is 0 Å². The van der Waals surface area contributed by atoms with Crippen LogP contribution >= 0.6 is 0 Å². The van der Waals surface area contributed by atoms with Crippen molar-refractivity contribution >= 4 is 28.2 Å². The molecule has 0 spiro atoms. The third-order valence-electron chi connectivity index (χ3n) is 5.88. The number of pyridine rings is 2. The van der Waals surface area contributed by atoms with Crippen LogP contribution in [0.15, 0.2) is 42.9 Å². The largest absolute Gasteiger partial charge is 0.304 e. The van der Waals surface area contributed by atoms with Crippen LogP contribution in [0.5, 0.6) is 0 Å². The summed E-state index contributed by atoms with van der Waals surface area (Å²) >= 11 is 0. The minimum Gasteiger partial charge on any atom is -0.304 e. The molecule has 0 saturated heterocycles. The average Bonchev–Trinajstić information content (AvgIpc) is 3.44. The normalized spacial score (nSPS) is 16.9. The molecule has 0 aliphatic heterocycles. The van der Waals surface area contributed by atoms with Crippen LogP contribution in [0, 0.1) is 19.8 Å². The van der Waals surface area contributed by atoms with Crippen molar-refractivity contribution < 1.29 is 0 Å². The minimum absolute atomic E-state index is 0.549. The second-order valence-corrected chi connectivity index (χ2v) is 7.61. The Labute approximate surface area is 162 Å². The van der Waals surface area contributed by atoms with E-state index in [2.05, 4.69) is 46.8 Å². The summed E-state index contributed by atoms with van der Waals surface area (Å²) in [5.41, 5.74) is 9.27. The average molecular weight is 365 g/mol. The molecule has 0 saturated carbocycles. The van der Waals surface area contributed by atoms with Gasteiger partial charge in [-0.1, -0.05) is 18.2 Å².